The van der Waals surface area contributed by atoms with E-state index >= 15 is 0 Å². The average Bonchev–Trinajstić information content (AvgIpc) is 2.29. The maximum atomic E-state index is 12.0. The molecular formula is C13H14ClNO3. The second-order valence-electron chi connectivity index (χ2n) is 4.68. The number of carboxylic acid groups (broad SMARTS) is 1. The Morgan fingerprint density at radius 1 is 1.39 bits per heavy atom. The summed E-state index contributed by atoms with van der Waals surface area (Å²) in [6.45, 7) is 2.09. The zero-order valence-electron chi connectivity index (χ0n) is 10.0. The molecule has 0 radical (unpaired) electrons. The minimum atomic E-state index is -1.04. The Kier molecular flexibility index (Phi) is 3.30. The molecule has 1 aromatic carbocycles. The van der Waals surface area contributed by atoms with E-state index < -0.39 is 11.5 Å². The predicted octanol–water partition coefficient (Wildman–Crippen LogP) is 1.96. The highest BCUT2D eigenvalue weighted by Gasteiger charge is 2.49. The van der Waals surface area contributed by atoms with Gasteiger partial charge >= 0.3 is 5.97 Å². The molecule has 1 heterocycles. The van der Waals surface area contributed by atoms with E-state index in [1.54, 1.807) is 31.2 Å². The molecule has 1 aromatic rings. The largest absolute Gasteiger partial charge is 0.480 e. The number of hydrogen-bond donors (Lipinski definition) is 1. The molecule has 1 fully saturated rings. The summed E-state index contributed by atoms with van der Waals surface area (Å²) in [5.74, 6) is -1.10. The molecular weight excluding hydrogens is 254 g/mol. The van der Waals surface area contributed by atoms with Gasteiger partial charge in [-0.1, -0.05) is 23.7 Å². The lowest BCUT2D eigenvalue weighted by atomic mass is 9.86. The highest BCUT2D eigenvalue weighted by Crippen LogP contribution is 2.31. The van der Waals surface area contributed by atoms with Gasteiger partial charge in [0.1, 0.15) is 5.54 Å². The van der Waals surface area contributed by atoms with E-state index in [2.05, 4.69) is 0 Å². The second-order valence-corrected chi connectivity index (χ2v) is 5.11. The van der Waals surface area contributed by atoms with Gasteiger partial charge in [-0.05, 0) is 31.0 Å². The fourth-order valence-corrected chi connectivity index (χ4v) is 2.18. The molecule has 0 aromatic heterocycles. The zero-order valence-corrected chi connectivity index (χ0v) is 10.8. The van der Waals surface area contributed by atoms with Crippen LogP contribution in [-0.4, -0.2) is 34.0 Å². The van der Waals surface area contributed by atoms with Gasteiger partial charge in [-0.3, -0.25) is 4.79 Å². The molecule has 1 saturated heterocycles. The van der Waals surface area contributed by atoms with Gasteiger partial charge in [0.2, 0.25) is 5.91 Å². The SMILES string of the molecule is CC1(C(=O)O)CCN1C(=O)Cc1ccc(Cl)cc1. The molecule has 1 aliphatic heterocycles. The number of rotatable bonds is 3. The van der Waals surface area contributed by atoms with Crippen molar-refractivity contribution in [1.82, 2.24) is 4.90 Å². The van der Waals surface area contributed by atoms with E-state index in [0.717, 1.165) is 5.56 Å². The van der Waals surface area contributed by atoms with Crippen molar-refractivity contribution in [3.63, 3.8) is 0 Å². The first-order valence-electron chi connectivity index (χ1n) is 5.72. The number of carbonyl (C=O) groups is 2. The topological polar surface area (TPSA) is 57.6 Å². The molecule has 0 bridgehead atoms. The second kappa shape index (κ2) is 4.61. The standard InChI is InChI=1S/C13H14ClNO3/c1-13(12(17)18)6-7-15(13)11(16)8-9-2-4-10(14)5-3-9/h2-5H,6-8H2,1H3,(H,17,18). The first-order chi connectivity index (χ1) is 8.43. The summed E-state index contributed by atoms with van der Waals surface area (Å²) in [5, 5.41) is 9.72. The fraction of sp³-hybridized carbons (Fsp3) is 0.385. The van der Waals surface area contributed by atoms with Crippen molar-refractivity contribution in [2.24, 2.45) is 0 Å². The number of nitrogens with zero attached hydrogens (tertiary/aromatic N) is 1. The van der Waals surface area contributed by atoms with Gasteiger partial charge in [0.15, 0.2) is 0 Å². The lowest BCUT2D eigenvalue weighted by Gasteiger charge is -2.47. The molecule has 2 rings (SSSR count). The highest BCUT2D eigenvalue weighted by atomic mass is 35.5. The van der Waals surface area contributed by atoms with Gasteiger partial charge < -0.3 is 10.0 Å². The molecule has 4 nitrogen and oxygen atoms in total. The van der Waals surface area contributed by atoms with Gasteiger partial charge in [0.05, 0.1) is 6.42 Å². The summed E-state index contributed by atoms with van der Waals surface area (Å²) >= 11 is 5.76. The number of aliphatic carboxylic acids is 1. The number of hydrogen-bond acceptors (Lipinski definition) is 2. The van der Waals surface area contributed by atoms with Crippen LogP contribution >= 0.6 is 11.6 Å². The quantitative estimate of drug-likeness (QED) is 0.911. The minimum absolute atomic E-state index is 0.159. The highest BCUT2D eigenvalue weighted by molar-refractivity contribution is 6.30. The monoisotopic (exact) mass is 267 g/mol. The smallest absolute Gasteiger partial charge is 0.329 e. The van der Waals surface area contributed by atoms with Gasteiger partial charge in [0.25, 0.3) is 0 Å². The lowest BCUT2D eigenvalue weighted by molar-refractivity contribution is -0.168. The molecule has 0 saturated carbocycles. The van der Waals surface area contributed by atoms with E-state index in [1.807, 2.05) is 0 Å². The summed E-state index contributed by atoms with van der Waals surface area (Å²) in [7, 11) is 0. The van der Waals surface area contributed by atoms with Crippen LogP contribution in [0.4, 0.5) is 0 Å². The lowest BCUT2D eigenvalue weighted by Crippen LogP contribution is -2.64. The maximum Gasteiger partial charge on any atom is 0.329 e. The summed E-state index contributed by atoms with van der Waals surface area (Å²) in [6, 6.07) is 6.99. The fourth-order valence-electron chi connectivity index (χ4n) is 2.05. The van der Waals surface area contributed by atoms with Crippen LogP contribution in [0.25, 0.3) is 0 Å². The van der Waals surface area contributed by atoms with Crippen molar-refractivity contribution in [3.05, 3.63) is 34.9 Å². The first kappa shape index (κ1) is 12.9. The van der Waals surface area contributed by atoms with Crippen molar-refractivity contribution in [3.8, 4) is 0 Å². The van der Waals surface area contributed by atoms with Crippen molar-refractivity contribution in [2.75, 3.05) is 6.54 Å². The van der Waals surface area contributed by atoms with Crippen molar-refractivity contribution >= 4 is 23.5 Å². The van der Waals surface area contributed by atoms with Crippen LogP contribution in [0.1, 0.15) is 18.9 Å². The number of amides is 1. The van der Waals surface area contributed by atoms with Gasteiger partial charge in [0, 0.05) is 11.6 Å². The number of carbonyl (C=O) groups excluding carboxylic acids is 1. The molecule has 96 valence electrons. The first-order valence-corrected chi connectivity index (χ1v) is 6.09. The van der Waals surface area contributed by atoms with Gasteiger partial charge in [-0.15, -0.1) is 0 Å². The zero-order chi connectivity index (χ0) is 13.3. The molecule has 0 aliphatic carbocycles. The number of likely N-dealkylation sites (tertiary alicyclic amines) is 1. The predicted molar refractivity (Wildman–Crippen MR) is 67.5 cm³/mol. The van der Waals surface area contributed by atoms with Crippen LogP contribution in [0, 0.1) is 0 Å². The third kappa shape index (κ3) is 2.20. The maximum absolute atomic E-state index is 12.0. The molecule has 1 N–H and O–H groups in total. The molecule has 18 heavy (non-hydrogen) atoms. The van der Waals surface area contributed by atoms with Gasteiger partial charge in [-0.2, -0.15) is 0 Å². The molecule has 1 unspecified atom stereocenters. The van der Waals surface area contributed by atoms with E-state index in [0.29, 0.717) is 18.0 Å². The summed E-state index contributed by atoms with van der Waals surface area (Å²) < 4.78 is 0. The van der Waals surface area contributed by atoms with Crippen LogP contribution in [-0.2, 0) is 16.0 Å². The summed E-state index contributed by atoms with van der Waals surface area (Å²) in [4.78, 5) is 24.6. The van der Waals surface area contributed by atoms with E-state index in [4.69, 9.17) is 16.7 Å². The van der Waals surface area contributed by atoms with Crippen LogP contribution in [0.3, 0.4) is 0 Å². The van der Waals surface area contributed by atoms with E-state index in [1.165, 1.54) is 4.90 Å². The normalized spacial score (nSPS) is 22.4. The van der Waals surface area contributed by atoms with Crippen molar-refractivity contribution in [1.29, 1.82) is 0 Å². The van der Waals surface area contributed by atoms with Crippen LogP contribution in [0.2, 0.25) is 5.02 Å². The molecule has 0 spiro atoms. The van der Waals surface area contributed by atoms with E-state index in [9.17, 15) is 9.59 Å². The minimum Gasteiger partial charge on any atom is -0.480 e. The van der Waals surface area contributed by atoms with Crippen LogP contribution in [0.5, 0.6) is 0 Å². The molecule has 1 aliphatic rings. The number of halogens is 1. The van der Waals surface area contributed by atoms with Crippen molar-refractivity contribution in [2.45, 2.75) is 25.3 Å². The molecule has 1 atom stereocenters. The Bertz CT molecular complexity index is 486. The van der Waals surface area contributed by atoms with Crippen LogP contribution in [0.15, 0.2) is 24.3 Å². The third-order valence-corrected chi connectivity index (χ3v) is 3.70. The Morgan fingerprint density at radius 2 is 2.00 bits per heavy atom. The Morgan fingerprint density at radius 3 is 2.44 bits per heavy atom. The van der Waals surface area contributed by atoms with Crippen LogP contribution < -0.4 is 0 Å². The third-order valence-electron chi connectivity index (χ3n) is 3.45. The molecule has 1 amide bonds. The van der Waals surface area contributed by atoms with Gasteiger partial charge in [-0.25, -0.2) is 4.79 Å². The van der Waals surface area contributed by atoms with E-state index in [-0.39, 0.29) is 12.3 Å². The average molecular weight is 268 g/mol. The Hall–Kier alpha value is -1.55. The molecule has 5 heteroatoms. The summed E-state index contributed by atoms with van der Waals surface area (Å²) in [5.41, 5.74) is -0.201. The summed E-state index contributed by atoms with van der Waals surface area (Å²) in [6.07, 6.45) is 0.717. The number of benzene rings is 1. The Balaban J connectivity index is 2.05. The number of carboxylic acids is 1. The van der Waals surface area contributed by atoms with Crippen molar-refractivity contribution < 1.29 is 14.7 Å². The Labute approximate surface area is 110 Å².